The predicted octanol–water partition coefficient (Wildman–Crippen LogP) is 7.09. The molecule has 3 aliphatic rings. The molecule has 1 saturated carbocycles. The number of pyridine rings is 1. The quantitative estimate of drug-likeness (QED) is 0.157. The van der Waals surface area contributed by atoms with Gasteiger partial charge in [0.2, 0.25) is 5.91 Å². The second-order valence-corrected chi connectivity index (χ2v) is 15.4. The lowest BCUT2D eigenvalue weighted by Crippen LogP contribution is -2.43. The largest absolute Gasteiger partial charge is 0.433 e. The van der Waals surface area contributed by atoms with E-state index >= 15 is 4.39 Å². The van der Waals surface area contributed by atoms with Crippen LogP contribution in [0.1, 0.15) is 104 Å². The highest BCUT2D eigenvalue weighted by molar-refractivity contribution is 6.07. The number of aromatic nitrogens is 5. The van der Waals surface area contributed by atoms with Crippen LogP contribution in [0.25, 0.3) is 22.0 Å². The minimum atomic E-state index is -4.74. The zero-order chi connectivity index (χ0) is 38.6. The van der Waals surface area contributed by atoms with Crippen molar-refractivity contribution in [1.82, 2.24) is 29.6 Å². The Labute approximate surface area is 309 Å². The van der Waals surface area contributed by atoms with E-state index in [0.717, 1.165) is 59.8 Å². The lowest BCUT2D eigenvalue weighted by atomic mass is 9.86. The number of hydrogen-bond donors (Lipinski definition) is 0. The molecule has 2 fully saturated rings. The Bertz CT molecular complexity index is 2160. The third-order valence-corrected chi connectivity index (χ3v) is 11.4. The van der Waals surface area contributed by atoms with Gasteiger partial charge < -0.3 is 4.90 Å². The number of nitrogens with zero attached hydrogens (tertiary/aromatic N) is 6. The van der Waals surface area contributed by atoms with E-state index in [-0.39, 0.29) is 35.8 Å². The number of alkyl halides is 4. The van der Waals surface area contributed by atoms with Crippen LogP contribution in [0.15, 0.2) is 36.7 Å². The molecule has 1 amide bonds. The Kier molecular flexibility index (Phi) is 9.76. The second-order valence-electron chi connectivity index (χ2n) is 15.4. The number of halogens is 4. The summed E-state index contributed by atoms with van der Waals surface area (Å²) in [6.45, 7) is 3.81. The van der Waals surface area contributed by atoms with Gasteiger partial charge in [-0.05, 0) is 87.3 Å². The van der Waals surface area contributed by atoms with Crippen LogP contribution < -0.4 is 0 Å². The number of carbonyl (C=O) groups is 4. The number of hydrogen-bond acceptors (Lipinski definition) is 8. The van der Waals surface area contributed by atoms with Gasteiger partial charge in [0, 0.05) is 48.5 Å². The first-order valence-corrected chi connectivity index (χ1v) is 18.5. The molecular weight excluding hydrogens is 704 g/mol. The number of Topliss-reactive ketones (excluding diaryl/α,β-unsaturated/α-hetero) is 3. The standard InChI is InChI=1S/C40H42F4N6O4/c1-23-8-9-33(40(42,43)44)47-30(23)17-32(52)31-18-39(41)12-10-34(53)38(13-14-38)11-6-4-5-7-26-15-27(28-19-45-25(3)46-20-28)16-29-36(24(2)51)48-50(37(26)29)21-35(54)49(31)22-39/h8-9,15-16,19-20,31H,4-7,10-14,17-18,21-22H2,1-3H3/t31-,39+/m0/s1. The van der Waals surface area contributed by atoms with Crippen LogP contribution in [0.3, 0.4) is 0 Å². The highest BCUT2D eigenvalue weighted by Gasteiger charge is 2.52. The van der Waals surface area contributed by atoms with Crippen LogP contribution in [-0.2, 0) is 39.9 Å². The molecule has 3 aromatic heterocycles. The van der Waals surface area contributed by atoms with Crippen LogP contribution in [0, 0.1) is 19.3 Å². The van der Waals surface area contributed by atoms with Gasteiger partial charge in [-0.1, -0.05) is 18.9 Å². The molecule has 2 atom stereocenters. The van der Waals surface area contributed by atoms with Gasteiger partial charge in [-0.2, -0.15) is 18.3 Å². The molecule has 4 aromatic rings. The summed E-state index contributed by atoms with van der Waals surface area (Å²) in [6.07, 6.45) is 2.68. The highest BCUT2D eigenvalue weighted by atomic mass is 19.4. The molecule has 0 N–H and O–H groups in total. The molecule has 0 unspecified atom stereocenters. The average Bonchev–Trinajstić information content (AvgIpc) is 3.69. The maximum Gasteiger partial charge on any atom is 0.433 e. The van der Waals surface area contributed by atoms with E-state index in [1.54, 1.807) is 19.3 Å². The number of carbonyl (C=O) groups excluding carboxylic acids is 4. The van der Waals surface area contributed by atoms with Gasteiger partial charge in [-0.15, -0.1) is 0 Å². The van der Waals surface area contributed by atoms with Crippen LogP contribution in [0.2, 0.25) is 0 Å². The number of aryl methyl sites for hydroxylation is 3. The minimum Gasteiger partial charge on any atom is -0.328 e. The fourth-order valence-electron chi connectivity index (χ4n) is 8.13. The van der Waals surface area contributed by atoms with Crippen molar-refractivity contribution in [2.45, 2.75) is 116 Å². The van der Waals surface area contributed by atoms with Gasteiger partial charge in [0.25, 0.3) is 0 Å². The van der Waals surface area contributed by atoms with Gasteiger partial charge in [-0.25, -0.2) is 19.3 Å². The monoisotopic (exact) mass is 746 g/mol. The van der Waals surface area contributed by atoms with Gasteiger partial charge in [-0.3, -0.25) is 23.9 Å². The number of fused-ring (bicyclic) bond motifs is 2. The molecule has 10 nitrogen and oxygen atoms in total. The molecule has 1 aliphatic carbocycles. The summed E-state index contributed by atoms with van der Waals surface area (Å²) in [5.74, 6) is -1.03. The van der Waals surface area contributed by atoms with Crippen LogP contribution >= 0.6 is 0 Å². The highest BCUT2D eigenvalue weighted by Crippen LogP contribution is 2.52. The van der Waals surface area contributed by atoms with Crippen molar-refractivity contribution >= 4 is 34.2 Å². The second kappa shape index (κ2) is 14.1. The fourth-order valence-corrected chi connectivity index (χ4v) is 8.13. The molecule has 1 aromatic carbocycles. The molecule has 284 valence electrons. The maximum absolute atomic E-state index is 16.9. The smallest absolute Gasteiger partial charge is 0.328 e. The van der Waals surface area contributed by atoms with Gasteiger partial charge >= 0.3 is 6.18 Å². The molecule has 0 radical (unpaired) electrons. The van der Waals surface area contributed by atoms with E-state index in [9.17, 15) is 32.3 Å². The molecule has 2 bridgehead atoms. The van der Waals surface area contributed by atoms with E-state index < -0.39 is 66.6 Å². The molecule has 2 aliphatic heterocycles. The zero-order valence-corrected chi connectivity index (χ0v) is 30.6. The van der Waals surface area contributed by atoms with Crippen molar-refractivity contribution in [3.63, 3.8) is 0 Å². The van der Waals surface area contributed by atoms with E-state index in [2.05, 4.69) is 20.1 Å². The third kappa shape index (κ3) is 7.43. The lowest BCUT2D eigenvalue weighted by Gasteiger charge is -2.24. The van der Waals surface area contributed by atoms with Gasteiger partial charge in [0.15, 0.2) is 11.6 Å². The predicted molar refractivity (Wildman–Crippen MR) is 190 cm³/mol. The van der Waals surface area contributed by atoms with Crippen molar-refractivity contribution in [2.24, 2.45) is 5.41 Å². The molecule has 7 rings (SSSR count). The first-order chi connectivity index (χ1) is 25.6. The third-order valence-electron chi connectivity index (χ3n) is 11.4. The summed E-state index contributed by atoms with van der Waals surface area (Å²) in [4.78, 5) is 68.3. The van der Waals surface area contributed by atoms with Crippen molar-refractivity contribution in [1.29, 1.82) is 0 Å². The first-order valence-electron chi connectivity index (χ1n) is 18.5. The molecular formula is C40H42F4N6O4. The summed E-state index contributed by atoms with van der Waals surface area (Å²) < 4.78 is 58.9. The van der Waals surface area contributed by atoms with Gasteiger partial charge in [0.05, 0.1) is 30.2 Å². The number of benzene rings is 1. The van der Waals surface area contributed by atoms with Crippen LogP contribution in [0.4, 0.5) is 17.6 Å². The Balaban J connectivity index is 1.29. The Hall–Kier alpha value is -4.88. The molecule has 5 heterocycles. The SMILES string of the molecule is CC(=O)c1nn2c3c(cc(-c4cnc(C)nc4)cc13)CCCCCC1(CC1)C(=O)CC[C@@]1(F)C[C@@H](C(=O)Cc3nc(C(F)(F)F)ccc3C)N(C1)C(=O)C2. The van der Waals surface area contributed by atoms with E-state index in [0.29, 0.717) is 35.1 Å². The normalized spacial score (nSPS) is 22.1. The lowest BCUT2D eigenvalue weighted by molar-refractivity contribution is -0.141. The topological polar surface area (TPSA) is 128 Å². The number of amides is 1. The first kappa shape index (κ1) is 37.4. The zero-order valence-electron chi connectivity index (χ0n) is 30.6. The Morgan fingerprint density at radius 1 is 0.944 bits per heavy atom. The van der Waals surface area contributed by atoms with Crippen molar-refractivity contribution < 1.29 is 36.7 Å². The summed E-state index contributed by atoms with van der Waals surface area (Å²) in [5.41, 5.74) is -0.422. The Morgan fingerprint density at radius 3 is 2.37 bits per heavy atom. The molecule has 1 spiro atoms. The molecule has 54 heavy (non-hydrogen) atoms. The summed E-state index contributed by atoms with van der Waals surface area (Å²) in [5, 5.41) is 5.14. The van der Waals surface area contributed by atoms with Crippen molar-refractivity contribution in [2.75, 3.05) is 6.54 Å². The van der Waals surface area contributed by atoms with Crippen LogP contribution in [0.5, 0.6) is 0 Å². The van der Waals surface area contributed by atoms with E-state index in [4.69, 9.17) is 0 Å². The van der Waals surface area contributed by atoms with E-state index in [1.165, 1.54) is 24.6 Å². The average molecular weight is 747 g/mol. The van der Waals surface area contributed by atoms with Crippen molar-refractivity contribution in [3.8, 4) is 11.1 Å². The summed E-state index contributed by atoms with van der Waals surface area (Å²) >= 11 is 0. The Morgan fingerprint density at radius 2 is 1.69 bits per heavy atom. The summed E-state index contributed by atoms with van der Waals surface area (Å²) in [6, 6.07) is 4.54. The number of ketones is 3. The molecule has 14 heteroatoms. The number of rotatable bonds is 5. The van der Waals surface area contributed by atoms with Crippen LogP contribution in [-0.4, -0.2) is 71.1 Å². The fraction of sp³-hybridized carbons (Fsp3) is 0.500. The van der Waals surface area contributed by atoms with E-state index in [1.807, 2.05) is 12.1 Å². The minimum absolute atomic E-state index is 0.00749. The van der Waals surface area contributed by atoms with Crippen molar-refractivity contribution in [3.05, 3.63) is 70.7 Å². The summed E-state index contributed by atoms with van der Waals surface area (Å²) in [7, 11) is 0. The maximum atomic E-state index is 16.9. The molecule has 1 saturated heterocycles. The van der Waals surface area contributed by atoms with Gasteiger partial charge in [0.1, 0.15) is 35.2 Å².